The van der Waals surface area contributed by atoms with Crippen molar-refractivity contribution in [2.24, 2.45) is 0 Å². The number of benzene rings is 4. The summed E-state index contributed by atoms with van der Waals surface area (Å²) in [5.74, 6) is -0.578. The zero-order valence-electron chi connectivity index (χ0n) is 16.9. The number of imide groups is 1. The van der Waals surface area contributed by atoms with Crippen molar-refractivity contribution in [2.45, 2.75) is 6.92 Å². The lowest BCUT2D eigenvalue weighted by molar-refractivity contribution is 0.0926. The van der Waals surface area contributed by atoms with Crippen LogP contribution >= 0.6 is 0 Å². The van der Waals surface area contributed by atoms with Gasteiger partial charge in [-0.1, -0.05) is 54.6 Å². The van der Waals surface area contributed by atoms with Crippen LogP contribution in [-0.2, 0) is 0 Å². The van der Waals surface area contributed by atoms with E-state index in [9.17, 15) is 9.59 Å². The molecule has 1 aliphatic heterocycles. The zero-order chi connectivity index (χ0) is 21.1. The SMILES string of the molecule is Cc1ccc2c3ccccc3n(-c3cccc4c3C(=O)N(c3ccccc3)C4=O)c2c1. The van der Waals surface area contributed by atoms with Crippen LogP contribution in [0.2, 0.25) is 0 Å². The van der Waals surface area contributed by atoms with Crippen molar-refractivity contribution in [3.8, 4) is 5.69 Å². The number of hydrogen-bond acceptors (Lipinski definition) is 2. The van der Waals surface area contributed by atoms with E-state index < -0.39 is 0 Å². The third kappa shape index (κ3) is 2.42. The Morgan fingerprint density at radius 1 is 0.645 bits per heavy atom. The molecule has 0 fully saturated rings. The second kappa shape index (κ2) is 6.41. The molecule has 0 atom stereocenters. The quantitative estimate of drug-likeness (QED) is 0.345. The fourth-order valence-corrected chi connectivity index (χ4v) is 4.61. The van der Waals surface area contributed by atoms with Gasteiger partial charge in [0.1, 0.15) is 0 Å². The van der Waals surface area contributed by atoms with Gasteiger partial charge in [-0.05, 0) is 48.9 Å². The molecule has 4 aromatic carbocycles. The highest BCUT2D eigenvalue weighted by Gasteiger charge is 2.39. The molecule has 0 bridgehead atoms. The first-order valence-corrected chi connectivity index (χ1v) is 10.2. The fourth-order valence-electron chi connectivity index (χ4n) is 4.61. The Hall–Kier alpha value is -4.18. The lowest BCUT2D eigenvalue weighted by atomic mass is 10.1. The number of fused-ring (bicyclic) bond motifs is 4. The van der Waals surface area contributed by atoms with E-state index in [0.717, 1.165) is 33.1 Å². The molecule has 0 aliphatic carbocycles. The van der Waals surface area contributed by atoms with Gasteiger partial charge in [0, 0.05) is 10.8 Å². The maximum atomic E-state index is 13.6. The molecule has 1 aromatic heterocycles. The van der Waals surface area contributed by atoms with Crippen LogP contribution in [0.1, 0.15) is 26.3 Å². The summed E-state index contributed by atoms with van der Waals surface area (Å²) in [7, 11) is 0. The monoisotopic (exact) mass is 402 g/mol. The summed E-state index contributed by atoms with van der Waals surface area (Å²) in [5.41, 5.74) is 5.36. The predicted octanol–water partition coefficient (Wildman–Crippen LogP) is 5.89. The molecule has 0 radical (unpaired) electrons. The zero-order valence-corrected chi connectivity index (χ0v) is 16.9. The lowest BCUT2D eigenvalue weighted by Gasteiger charge is -2.14. The van der Waals surface area contributed by atoms with Crippen LogP contribution < -0.4 is 4.90 Å². The minimum absolute atomic E-state index is 0.287. The average molecular weight is 402 g/mol. The number of amides is 2. The summed E-state index contributed by atoms with van der Waals surface area (Å²) in [5, 5.41) is 2.24. The summed E-state index contributed by atoms with van der Waals surface area (Å²) in [6.45, 7) is 2.06. The molecule has 31 heavy (non-hydrogen) atoms. The Balaban J connectivity index is 1.67. The van der Waals surface area contributed by atoms with Crippen LogP contribution in [0.3, 0.4) is 0 Å². The van der Waals surface area contributed by atoms with Crippen LogP contribution in [0.15, 0.2) is 91.0 Å². The van der Waals surface area contributed by atoms with Crippen molar-refractivity contribution in [2.75, 3.05) is 4.90 Å². The fraction of sp³-hybridized carbons (Fsp3) is 0.0370. The van der Waals surface area contributed by atoms with Gasteiger partial charge in [0.25, 0.3) is 11.8 Å². The standard InChI is InChI=1S/C27H18N2O2/c1-17-14-15-20-19-10-5-6-12-22(19)29(24(20)16-17)23-13-7-11-21-25(23)27(31)28(26(21)30)18-8-3-2-4-9-18/h2-16H,1H3. The van der Waals surface area contributed by atoms with Gasteiger partial charge in [0.05, 0.1) is 33.5 Å². The maximum absolute atomic E-state index is 13.6. The first-order chi connectivity index (χ1) is 15.1. The number of carbonyl (C=O) groups excluding carboxylic acids is 2. The van der Waals surface area contributed by atoms with Crippen LogP contribution in [0.4, 0.5) is 5.69 Å². The highest BCUT2D eigenvalue weighted by molar-refractivity contribution is 6.35. The molecule has 4 nitrogen and oxygen atoms in total. The Morgan fingerprint density at radius 2 is 1.39 bits per heavy atom. The topological polar surface area (TPSA) is 42.3 Å². The van der Waals surface area contributed by atoms with E-state index >= 15 is 0 Å². The molecule has 2 amide bonds. The number of anilines is 1. The van der Waals surface area contributed by atoms with Crippen LogP contribution in [0, 0.1) is 6.92 Å². The highest BCUT2D eigenvalue weighted by Crippen LogP contribution is 2.37. The predicted molar refractivity (Wildman–Crippen MR) is 123 cm³/mol. The van der Waals surface area contributed by atoms with Gasteiger partial charge in [-0.3, -0.25) is 9.59 Å². The Morgan fingerprint density at radius 3 is 2.23 bits per heavy atom. The molecule has 0 unspecified atom stereocenters. The third-order valence-electron chi connectivity index (χ3n) is 5.98. The first kappa shape index (κ1) is 17.7. The average Bonchev–Trinajstić information content (AvgIpc) is 3.25. The molecule has 6 rings (SSSR count). The first-order valence-electron chi connectivity index (χ1n) is 10.2. The van der Waals surface area contributed by atoms with Crippen molar-refractivity contribution in [3.05, 3.63) is 108 Å². The molecule has 1 aliphatic rings. The molecule has 0 N–H and O–H groups in total. The second-order valence-corrected chi connectivity index (χ2v) is 7.85. The minimum Gasteiger partial charge on any atom is -0.308 e. The lowest BCUT2D eigenvalue weighted by Crippen LogP contribution is -2.29. The summed E-state index contributed by atoms with van der Waals surface area (Å²) in [4.78, 5) is 28.0. The van der Waals surface area contributed by atoms with Gasteiger partial charge in [-0.15, -0.1) is 0 Å². The number of nitrogens with zero attached hydrogens (tertiary/aromatic N) is 2. The van der Waals surface area contributed by atoms with Gasteiger partial charge in [0.2, 0.25) is 0 Å². The Labute approximate surface area is 178 Å². The normalized spacial score (nSPS) is 13.4. The molecule has 5 aromatic rings. The number of aromatic nitrogens is 1. The maximum Gasteiger partial charge on any atom is 0.268 e. The molecular formula is C27H18N2O2. The highest BCUT2D eigenvalue weighted by atomic mass is 16.2. The van der Waals surface area contributed by atoms with E-state index in [1.165, 1.54) is 4.90 Å². The van der Waals surface area contributed by atoms with E-state index in [1.54, 1.807) is 18.2 Å². The number of rotatable bonds is 2. The number of carbonyl (C=O) groups is 2. The van der Waals surface area contributed by atoms with E-state index in [2.05, 4.69) is 41.8 Å². The van der Waals surface area contributed by atoms with Gasteiger partial charge in [-0.2, -0.15) is 0 Å². The van der Waals surface area contributed by atoms with Crippen molar-refractivity contribution in [1.29, 1.82) is 0 Å². The van der Waals surface area contributed by atoms with E-state index in [4.69, 9.17) is 0 Å². The van der Waals surface area contributed by atoms with Crippen molar-refractivity contribution >= 4 is 39.3 Å². The Bertz CT molecular complexity index is 1530. The van der Waals surface area contributed by atoms with Gasteiger partial charge in [0.15, 0.2) is 0 Å². The largest absolute Gasteiger partial charge is 0.308 e. The summed E-state index contributed by atoms with van der Waals surface area (Å²) < 4.78 is 2.11. The molecule has 0 saturated heterocycles. The smallest absolute Gasteiger partial charge is 0.268 e. The molecule has 4 heteroatoms. The molecule has 0 spiro atoms. The van der Waals surface area contributed by atoms with Crippen LogP contribution in [0.5, 0.6) is 0 Å². The van der Waals surface area contributed by atoms with Crippen molar-refractivity contribution in [3.63, 3.8) is 0 Å². The van der Waals surface area contributed by atoms with Gasteiger partial charge in [-0.25, -0.2) is 4.90 Å². The third-order valence-corrected chi connectivity index (χ3v) is 5.98. The van der Waals surface area contributed by atoms with E-state index in [-0.39, 0.29) is 11.8 Å². The number of hydrogen-bond donors (Lipinski definition) is 0. The minimum atomic E-state index is -0.291. The second-order valence-electron chi connectivity index (χ2n) is 7.85. The Kier molecular flexibility index (Phi) is 3.65. The summed E-state index contributed by atoms with van der Waals surface area (Å²) in [6.07, 6.45) is 0. The van der Waals surface area contributed by atoms with E-state index in [1.807, 2.05) is 42.5 Å². The van der Waals surface area contributed by atoms with Crippen LogP contribution in [0.25, 0.3) is 27.5 Å². The summed E-state index contributed by atoms with van der Waals surface area (Å²) >= 11 is 0. The molecule has 148 valence electrons. The van der Waals surface area contributed by atoms with Crippen molar-refractivity contribution < 1.29 is 9.59 Å². The van der Waals surface area contributed by atoms with Crippen molar-refractivity contribution in [1.82, 2.24) is 4.57 Å². The number of para-hydroxylation sites is 2. The summed E-state index contributed by atoms with van der Waals surface area (Å²) in [6, 6.07) is 29.1. The van der Waals surface area contributed by atoms with Gasteiger partial charge < -0.3 is 4.57 Å². The molecule has 0 saturated carbocycles. The molecule has 2 heterocycles. The number of aryl methyl sites for hydroxylation is 1. The molecular weight excluding hydrogens is 384 g/mol. The van der Waals surface area contributed by atoms with E-state index in [0.29, 0.717) is 16.8 Å². The van der Waals surface area contributed by atoms with Crippen LogP contribution in [-0.4, -0.2) is 16.4 Å². The van der Waals surface area contributed by atoms with Gasteiger partial charge >= 0.3 is 0 Å².